The Kier molecular flexibility index (Phi) is 6.44. The number of anilines is 3. The molecule has 6 nitrogen and oxygen atoms in total. The highest BCUT2D eigenvalue weighted by atomic mass is 16.2. The molecule has 0 atom stereocenters. The maximum Gasteiger partial charge on any atom is 0.313 e. The molecule has 2 aliphatic heterocycles. The molecule has 2 aliphatic rings. The average Bonchev–Trinajstić information content (AvgIpc) is 2.81. The molecule has 0 aliphatic carbocycles. The Bertz CT molecular complexity index is 927. The van der Waals surface area contributed by atoms with Crippen LogP contribution in [0.25, 0.3) is 0 Å². The third-order valence-corrected chi connectivity index (χ3v) is 6.52. The summed E-state index contributed by atoms with van der Waals surface area (Å²) in [6.45, 7) is 8.97. The molecule has 0 unspecified atom stereocenters. The van der Waals surface area contributed by atoms with E-state index in [0.717, 1.165) is 26.2 Å². The highest BCUT2D eigenvalue weighted by Crippen LogP contribution is 2.24. The maximum absolute atomic E-state index is 12.7. The number of aryl methyl sites for hydroxylation is 1. The van der Waals surface area contributed by atoms with E-state index in [2.05, 4.69) is 47.2 Å². The van der Waals surface area contributed by atoms with Crippen LogP contribution in [0.3, 0.4) is 0 Å². The highest BCUT2D eigenvalue weighted by Gasteiger charge is 2.26. The predicted molar refractivity (Wildman–Crippen MR) is 126 cm³/mol. The second-order valence-corrected chi connectivity index (χ2v) is 8.55. The van der Waals surface area contributed by atoms with Crippen molar-refractivity contribution < 1.29 is 9.59 Å². The molecule has 0 radical (unpaired) electrons. The van der Waals surface area contributed by atoms with E-state index in [0.29, 0.717) is 18.8 Å². The SMILES string of the molecule is Cc1cccc(N2CCN(C(=O)C(=O)Nc3ccc(N4CCCCC4)cc3)CC2)c1C. The lowest BCUT2D eigenvalue weighted by Crippen LogP contribution is -2.51. The quantitative estimate of drug-likeness (QED) is 0.771. The number of carbonyl (C=O) groups is 2. The van der Waals surface area contributed by atoms with Crippen LogP contribution < -0.4 is 15.1 Å². The van der Waals surface area contributed by atoms with Crippen molar-refractivity contribution in [3.8, 4) is 0 Å². The van der Waals surface area contributed by atoms with Gasteiger partial charge in [-0.2, -0.15) is 0 Å². The molecule has 0 aromatic heterocycles. The Morgan fingerprint density at radius 3 is 2.13 bits per heavy atom. The van der Waals surface area contributed by atoms with Gasteiger partial charge in [0, 0.05) is 56.3 Å². The summed E-state index contributed by atoms with van der Waals surface area (Å²) in [7, 11) is 0. The van der Waals surface area contributed by atoms with Gasteiger partial charge in [-0.25, -0.2) is 0 Å². The van der Waals surface area contributed by atoms with Gasteiger partial charge in [0.1, 0.15) is 0 Å². The minimum absolute atomic E-state index is 0.458. The summed E-state index contributed by atoms with van der Waals surface area (Å²) in [5.74, 6) is -1.02. The fourth-order valence-corrected chi connectivity index (χ4v) is 4.46. The van der Waals surface area contributed by atoms with Crippen LogP contribution in [0.4, 0.5) is 17.1 Å². The Morgan fingerprint density at radius 2 is 1.45 bits per heavy atom. The number of benzene rings is 2. The van der Waals surface area contributed by atoms with Crippen LogP contribution in [0.5, 0.6) is 0 Å². The smallest absolute Gasteiger partial charge is 0.313 e. The summed E-state index contributed by atoms with van der Waals surface area (Å²) in [5.41, 5.74) is 5.58. The standard InChI is InChI=1S/C25H32N4O2/c1-19-7-6-8-23(20(19)2)28-15-17-29(18-16-28)25(31)24(30)26-21-9-11-22(12-10-21)27-13-4-3-5-14-27/h6-12H,3-5,13-18H2,1-2H3,(H,26,30). The van der Waals surface area contributed by atoms with Gasteiger partial charge >= 0.3 is 11.8 Å². The minimum Gasteiger partial charge on any atom is -0.372 e. The van der Waals surface area contributed by atoms with Crippen molar-refractivity contribution >= 4 is 28.9 Å². The van der Waals surface area contributed by atoms with Crippen molar-refractivity contribution in [1.82, 2.24) is 4.90 Å². The molecule has 6 heteroatoms. The van der Waals surface area contributed by atoms with E-state index in [1.54, 1.807) is 4.90 Å². The fraction of sp³-hybridized carbons (Fsp3) is 0.440. The number of nitrogens with one attached hydrogen (secondary N) is 1. The first-order valence-electron chi connectivity index (χ1n) is 11.3. The minimum atomic E-state index is -0.564. The Morgan fingerprint density at radius 1 is 0.774 bits per heavy atom. The summed E-state index contributed by atoms with van der Waals surface area (Å²) in [6.07, 6.45) is 3.75. The first-order valence-corrected chi connectivity index (χ1v) is 11.3. The number of hydrogen-bond acceptors (Lipinski definition) is 4. The summed E-state index contributed by atoms with van der Waals surface area (Å²) in [4.78, 5) is 31.5. The second kappa shape index (κ2) is 9.41. The van der Waals surface area contributed by atoms with Gasteiger partial charge in [-0.3, -0.25) is 9.59 Å². The molecule has 2 aromatic carbocycles. The molecule has 0 bridgehead atoms. The van der Waals surface area contributed by atoms with Crippen molar-refractivity contribution in [3.05, 3.63) is 53.6 Å². The van der Waals surface area contributed by atoms with Crippen LogP contribution in [-0.2, 0) is 9.59 Å². The lowest BCUT2D eigenvalue weighted by atomic mass is 10.1. The van der Waals surface area contributed by atoms with E-state index >= 15 is 0 Å². The Hall–Kier alpha value is -3.02. The Balaban J connectivity index is 1.30. The second-order valence-electron chi connectivity index (χ2n) is 8.55. The first kappa shape index (κ1) is 21.2. The van der Waals surface area contributed by atoms with Crippen molar-refractivity contribution in [2.45, 2.75) is 33.1 Å². The molecule has 1 N–H and O–H groups in total. The van der Waals surface area contributed by atoms with Gasteiger partial charge in [0.2, 0.25) is 0 Å². The Labute approximate surface area is 184 Å². The summed E-state index contributed by atoms with van der Waals surface area (Å²) >= 11 is 0. The molecule has 4 rings (SSSR count). The molecule has 2 saturated heterocycles. The lowest BCUT2D eigenvalue weighted by molar-refractivity contribution is -0.143. The predicted octanol–water partition coefficient (Wildman–Crippen LogP) is 3.58. The van der Waals surface area contributed by atoms with E-state index in [9.17, 15) is 9.59 Å². The highest BCUT2D eigenvalue weighted by molar-refractivity contribution is 6.39. The van der Waals surface area contributed by atoms with Crippen molar-refractivity contribution in [2.75, 3.05) is 54.4 Å². The number of piperidine rings is 1. The van der Waals surface area contributed by atoms with Gasteiger partial charge in [-0.05, 0) is 74.6 Å². The normalized spacial score (nSPS) is 16.9. The van der Waals surface area contributed by atoms with Crippen LogP contribution >= 0.6 is 0 Å². The van der Waals surface area contributed by atoms with Crippen molar-refractivity contribution in [1.29, 1.82) is 0 Å². The molecular weight excluding hydrogens is 388 g/mol. The zero-order valence-electron chi connectivity index (χ0n) is 18.6. The number of hydrogen-bond donors (Lipinski definition) is 1. The summed E-state index contributed by atoms with van der Waals surface area (Å²) < 4.78 is 0. The van der Waals surface area contributed by atoms with E-state index in [-0.39, 0.29) is 0 Å². The van der Waals surface area contributed by atoms with Crippen molar-refractivity contribution in [2.24, 2.45) is 0 Å². The zero-order valence-corrected chi connectivity index (χ0v) is 18.6. The number of rotatable bonds is 3. The van der Waals surface area contributed by atoms with Gasteiger partial charge in [0.05, 0.1) is 0 Å². The van der Waals surface area contributed by atoms with Crippen molar-refractivity contribution in [3.63, 3.8) is 0 Å². The first-order chi connectivity index (χ1) is 15.0. The summed E-state index contributed by atoms with van der Waals surface area (Å²) in [6, 6.07) is 14.1. The molecule has 2 aromatic rings. The number of nitrogens with zero attached hydrogens (tertiary/aromatic N) is 3. The van der Waals surface area contributed by atoms with E-state index in [1.807, 2.05) is 24.3 Å². The molecule has 2 heterocycles. The van der Waals surface area contributed by atoms with Gasteiger partial charge in [-0.1, -0.05) is 12.1 Å². The van der Waals surface area contributed by atoms with Crippen LogP contribution in [0, 0.1) is 13.8 Å². The summed E-state index contributed by atoms with van der Waals surface area (Å²) in [5, 5.41) is 2.77. The molecule has 0 spiro atoms. The number of piperazine rings is 1. The van der Waals surface area contributed by atoms with Gasteiger partial charge < -0.3 is 20.0 Å². The van der Waals surface area contributed by atoms with E-state index < -0.39 is 11.8 Å². The topological polar surface area (TPSA) is 55.9 Å². The lowest BCUT2D eigenvalue weighted by Gasteiger charge is -2.36. The zero-order chi connectivity index (χ0) is 21.8. The number of amides is 2. The van der Waals surface area contributed by atoms with Crippen LogP contribution in [0.2, 0.25) is 0 Å². The van der Waals surface area contributed by atoms with Crippen LogP contribution in [0.1, 0.15) is 30.4 Å². The van der Waals surface area contributed by atoms with Gasteiger partial charge in [0.15, 0.2) is 0 Å². The monoisotopic (exact) mass is 420 g/mol. The molecule has 164 valence electrons. The molecule has 31 heavy (non-hydrogen) atoms. The number of carbonyl (C=O) groups excluding carboxylic acids is 2. The van der Waals surface area contributed by atoms with Crippen LogP contribution in [0.15, 0.2) is 42.5 Å². The van der Waals surface area contributed by atoms with E-state index in [4.69, 9.17) is 0 Å². The maximum atomic E-state index is 12.7. The van der Waals surface area contributed by atoms with E-state index in [1.165, 1.54) is 41.8 Å². The molecule has 0 saturated carbocycles. The third kappa shape index (κ3) is 4.84. The molecule has 2 amide bonds. The largest absolute Gasteiger partial charge is 0.372 e. The van der Waals surface area contributed by atoms with Gasteiger partial charge in [0.25, 0.3) is 0 Å². The molecule has 2 fully saturated rings. The fourth-order valence-electron chi connectivity index (χ4n) is 4.46. The van der Waals surface area contributed by atoms with Crippen LogP contribution in [-0.4, -0.2) is 56.0 Å². The third-order valence-electron chi connectivity index (χ3n) is 6.52. The molecular formula is C25H32N4O2. The van der Waals surface area contributed by atoms with Gasteiger partial charge in [-0.15, -0.1) is 0 Å². The average molecular weight is 421 g/mol.